The minimum Gasteiger partial charge on any atom is -0.481 e. The Morgan fingerprint density at radius 1 is 1.44 bits per heavy atom. The SMILES string of the molecule is Cc1ccc(C(=O)NCC2(C(=O)O)CC2)cc1N. The monoisotopic (exact) mass is 248 g/mol. The number of amides is 1. The van der Waals surface area contributed by atoms with E-state index in [1.165, 1.54) is 0 Å². The van der Waals surface area contributed by atoms with Gasteiger partial charge in [0.25, 0.3) is 5.91 Å². The molecule has 0 bridgehead atoms. The van der Waals surface area contributed by atoms with E-state index in [1.807, 2.05) is 6.92 Å². The second-order valence-electron chi connectivity index (χ2n) is 4.84. The highest BCUT2D eigenvalue weighted by Gasteiger charge is 2.50. The average Bonchev–Trinajstić information content (AvgIpc) is 3.11. The number of benzene rings is 1. The second-order valence-corrected chi connectivity index (χ2v) is 4.84. The molecule has 1 saturated carbocycles. The van der Waals surface area contributed by atoms with Crippen LogP contribution in [0.3, 0.4) is 0 Å². The van der Waals surface area contributed by atoms with Crippen LogP contribution in [0.15, 0.2) is 18.2 Å². The van der Waals surface area contributed by atoms with E-state index in [2.05, 4.69) is 5.32 Å². The third kappa shape index (κ3) is 2.30. The number of nitrogens with one attached hydrogen (secondary N) is 1. The summed E-state index contributed by atoms with van der Waals surface area (Å²) in [6.45, 7) is 2.04. The van der Waals surface area contributed by atoms with Crippen molar-refractivity contribution in [3.8, 4) is 0 Å². The van der Waals surface area contributed by atoms with Gasteiger partial charge in [-0.05, 0) is 37.5 Å². The van der Waals surface area contributed by atoms with Crippen molar-refractivity contribution >= 4 is 17.6 Å². The summed E-state index contributed by atoms with van der Waals surface area (Å²) in [5.74, 6) is -1.12. The van der Waals surface area contributed by atoms with E-state index in [1.54, 1.807) is 18.2 Å². The number of rotatable bonds is 4. The van der Waals surface area contributed by atoms with Gasteiger partial charge >= 0.3 is 5.97 Å². The molecule has 0 aliphatic heterocycles. The summed E-state index contributed by atoms with van der Waals surface area (Å²) >= 11 is 0. The Labute approximate surface area is 105 Å². The Morgan fingerprint density at radius 3 is 2.61 bits per heavy atom. The van der Waals surface area contributed by atoms with Crippen LogP contribution in [0.1, 0.15) is 28.8 Å². The summed E-state index contributed by atoms with van der Waals surface area (Å²) in [6, 6.07) is 5.06. The molecule has 0 unspecified atom stereocenters. The predicted octanol–water partition coefficient (Wildman–Crippen LogP) is 1.17. The lowest BCUT2D eigenvalue weighted by atomic mass is 10.1. The van der Waals surface area contributed by atoms with Crippen LogP contribution in [-0.2, 0) is 4.79 Å². The molecule has 1 fully saturated rings. The van der Waals surface area contributed by atoms with Crippen LogP contribution in [-0.4, -0.2) is 23.5 Å². The van der Waals surface area contributed by atoms with Crippen LogP contribution in [0, 0.1) is 12.3 Å². The number of nitrogens with two attached hydrogens (primary N) is 1. The highest BCUT2D eigenvalue weighted by molar-refractivity contribution is 5.95. The molecule has 1 aliphatic carbocycles. The molecular formula is C13H16N2O3. The summed E-state index contributed by atoms with van der Waals surface area (Å²) in [6.07, 6.45) is 1.25. The lowest BCUT2D eigenvalue weighted by Crippen LogP contribution is -2.34. The third-order valence-corrected chi connectivity index (χ3v) is 3.44. The van der Waals surface area contributed by atoms with E-state index in [4.69, 9.17) is 10.8 Å². The molecule has 4 N–H and O–H groups in total. The molecular weight excluding hydrogens is 232 g/mol. The third-order valence-electron chi connectivity index (χ3n) is 3.44. The lowest BCUT2D eigenvalue weighted by Gasteiger charge is -2.11. The van der Waals surface area contributed by atoms with Gasteiger partial charge in [0, 0.05) is 17.8 Å². The molecule has 0 aromatic heterocycles. The number of carbonyl (C=O) groups is 2. The van der Waals surface area contributed by atoms with Crippen LogP contribution in [0.4, 0.5) is 5.69 Å². The average molecular weight is 248 g/mol. The molecule has 1 aromatic rings. The largest absolute Gasteiger partial charge is 0.481 e. The van der Waals surface area contributed by atoms with Crippen molar-refractivity contribution in [2.24, 2.45) is 5.41 Å². The zero-order chi connectivity index (χ0) is 13.3. The Balaban J connectivity index is 2.00. The van der Waals surface area contributed by atoms with Crippen molar-refractivity contribution in [1.29, 1.82) is 0 Å². The summed E-state index contributed by atoms with van der Waals surface area (Å²) in [5.41, 5.74) is 6.91. The van der Waals surface area contributed by atoms with Crippen molar-refractivity contribution in [2.75, 3.05) is 12.3 Å². The quantitative estimate of drug-likeness (QED) is 0.697. The molecule has 0 heterocycles. The maximum Gasteiger partial charge on any atom is 0.311 e. The topological polar surface area (TPSA) is 92.4 Å². The number of carboxylic acids is 1. The fraction of sp³-hybridized carbons (Fsp3) is 0.385. The number of hydrogen-bond donors (Lipinski definition) is 3. The zero-order valence-corrected chi connectivity index (χ0v) is 10.2. The van der Waals surface area contributed by atoms with Crippen LogP contribution in [0.5, 0.6) is 0 Å². The maximum absolute atomic E-state index is 11.8. The highest BCUT2D eigenvalue weighted by Crippen LogP contribution is 2.45. The Kier molecular flexibility index (Phi) is 2.98. The molecule has 1 amide bonds. The van der Waals surface area contributed by atoms with Gasteiger partial charge in [-0.2, -0.15) is 0 Å². The number of carbonyl (C=O) groups excluding carboxylic acids is 1. The molecule has 5 heteroatoms. The first-order valence-electron chi connectivity index (χ1n) is 5.82. The van der Waals surface area contributed by atoms with Gasteiger partial charge in [0.15, 0.2) is 0 Å². The minimum absolute atomic E-state index is 0.176. The Morgan fingerprint density at radius 2 is 2.11 bits per heavy atom. The second kappa shape index (κ2) is 4.33. The van der Waals surface area contributed by atoms with Crippen molar-refractivity contribution in [1.82, 2.24) is 5.32 Å². The summed E-state index contributed by atoms with van der Waals surface area (Å²) < 4.78 is 0. The maximum atomic E-state index is 11.8. The van der Waals surface area contributed by atoms with Crippen molar-refractivity contribution < 1.29 is 14.7 Å². The van der Waals surface area contributed by atoms with E-state index < -0.39 is 11.4 Å². The van der Waals surface area contributed by atoms with Gasteiger partial charge in [0.1, 0.15) is 0 Å². The minimum atomic E-state index is -0.841. The van der Waals surface area contributed by atoms with Gasteiger partial charge < -0.3 is 16.2 Å². The van der Waals surface area contributed by atoms with E-state index in [0.717, 1.165) is 5.56 Å². The van der Waals surface area contributed by atoms with Gasteiger partial charge in [0.05, 0.1) is 5.41 Å². The Bertz CT molecular complexity index is 507. The van der Waals surface area contributed by atoms with E-state index in [0.29, 0.717) is 24.1 Å². The number of hydrogen-bond acceptors (Lipinski definition) is 3. The van der Waals surface area contributed by atoms with Crippen LogP contribution in [0.25, 0.3) is 0 Å². The zero-order valence-electron chi connectivity index (χ0n) is 10.2. The number of anilines is 1. The van der Waals surface area contributed by atoms with Crippen LogP contribution >= 0.6 is 0 Å². The Hall–Kier alpha value is -2.04. The molecule has 0 atom stereocenters. The standard InChI is InChI=1S/C13H16N2O3/c1-8-2-3-9(6-10(8)14)11(16)15-7-13(4-5-13)12(17)18/h2-3,6H,4-5,7,14H2,1H3,(H,15,16)(H,17,18). The van der Waals surface area contributed by atoms with Crippen molar-refractivity contribution in [2.45, 2.75) is 19.8 Å². The molecule has 96 valence electrons. The molecule has 1 aliphatic rings. The molecule has 1 aromatic carbocycles. The normalized spacial score (nSPS) is 16.1. The highest BCUT2D eigenvalue weighted by atomic mass is 16.4. The van der Waals surface area contributed by atoms with E-state index >= 15 is 0 Å². The van der Waals surface area contributed by atoms with E-state index in [9.17, 15) is 9.59 Å². The lowest BCUT2D eigenvalue weighted by molar-refractivity contribution is -0.143. The fourth-order valence-corrected chi connectivity index (χ4v) is 1.75. The first kappa shape index (κ1) is 12.4. The van der Waals surface area contributed by atoms with Gasteiger partial charge in [0.2, 0.25) is 0 Å². The first-order valence-corrected chi connectivity index (χ1v) is 5.82. The fourth-order valence-electron chi connectivity index (χ4n) is 1.75. The number of aryl methyl sites for hydroxylation is 1. The predicted molar refractivity (Wildman–Crippen MR) is 67.2 cm³/mol. The van der Waals surface area contributed by atoms with E-state index in [-0.39, 0.29) is 12.5 Å². The van der Waals surface area contributed by atoms with Gasteiger partial charge in [-0.15, -0.1) is 0 Å². The smallest absolute Gasteiger partial charge is 0.311 e. The first-order chi connectivity index (χ1) is 8.44. The van der Waals surface area contributed by atoms with Crippen molar-refractivity contribution in [3.05, 3.63) is 29.3 Å². The number of nitrogen functional groups attached to an aromatic ring is 1. The van der Waals surface area contributed by atoms with Gasteiger partial charge in [-0.3, -0.25) is 9.59 Å². The van der Waals surface area contributed by atoms with Crippen molar-refractivity contribution in [3.63, 3.8) is 0 Å². The number of carboxylic acid groups (broad SMARTS) is 1. The summed E-state index contributed by atoms with van der Waals surface area (Å²) in [5, 5.41) is 11.7. The molecule has 5 nitrogen and oxygen atoms in total. The molecule has 0 radical (unpaired) electrons. The van der Waals surface area contributed by atoms with Gasteiger partial charge in [-0.25, -0.2) is 0 Å². The summed E-state index contributed by atoms with van der Waals surface area (Å²) in [4.78, 5) is 22.8. The number of aliphatic carboxylic acids is 1. The van der Waals surface area contributed by atoms with Crippen LogP contribution < -0.4 is 11.1 Å². The van der Waals surface area contributed by atoms with Gasteiger partial charge in [-0.1, -0.05) is 6.07 Å². The van der Waals surface area contributed by atoms with Crippen LogP contribution in [0.2, 0.25) is 0 Å². The summed E-state index contributed by atoms with van der Waals surface area (Å²) in [7, 11) is 0. The molecule has 0 spiro atoms. The molecule has 0 saturated heterocycles. The molecule has 18 heavy (non-hydrogen) atoms. The molecule has 2 rings (SSSR count).